The first-order valence-electron chi connectivity index (χ1n) is 12.1. The number of rotatable bonds is 9. The zero-order valence-corrected chi connectivity index (χ0v) is 19.5. The highest BCUT2D eigenvalue weighted by Gasteiger charge is 2.36. The molecule has 34 heavy (non-hydrogen) atoms. The molecule has 1 aliphatic heterocycles. The van der Waals surface area contributed by atoms with E-state index in [1.54, 1.807) is 12.1 Å². The number of carboxylic acid groups (broad SMARTS) is 1. The van der Waals surface area contributed by atoms with Gasteiger partial charge in [0.1, 0.15) is 5.75 Å². The van der Waals surface area contributed by atoms with Gasteiger partial charge in [-0.3, -0.25) is 4.79 Å². The monoisotopic (exact) mass is 475 g/mol. The first-order chi connectivity index (χ1) is 16.2. The lowest BCUT2D eigenvalue weighted by atomic mass is 9.91. The van der Waals surface area contributed by atoms with Crippen molar-refractivity contribution >= 4 is 11.7 Å². The molecular weight excluding hydrogens is 443 g/mol. The van der Waals surface area contributed by atoms with E-state index >= 15 is 0 Å². The zero-order chi connectivity index (χ0) is 24.3. The molecule has 0 spiro atoms. The lowest BCUT2D eigenvalue weighted by molar-refractivity contribution is -0.138. The molecule has 4 rings (SSSR count). The third-order valence-electron chi connectivity index (χ3n) is 7.09. The summed E-state index contributed by atoms with van der Waals surface area (Å²) < 4.78 is 46.7. The van der Waals surface area contributed by atoms with Crippen LogP contribution in [0.3, 0.4) is 0 Å². The van der Waals surface area contributed by atoms with E-state index in [0.29, 0.717) is 32.0 Å². The predicted molar refractivity (Wildman–Crippen MR) is 125 cm³/mol. The number of alkyl halides is 3. The second-order valence-electron chi connectivity index (χ2n) is 9.56. The van der Waals surface area contributed by atoms with Crippen LogP contribution in [0.5, 0.6) is 5.75 Å². The minimum absolute atomic E-state index is 0.0194. The Morgan fingerprint density at radius 3 is 2.47 bits per heavy atom. The van der Waals surface area contributed by atoms with E-state index in [4.69, 9.17) is 4.74 Å². The molecule has 0 aromatic heterocycles. The van der Waals surface area contributed by atoms with Crippen LogP contribution in [0.4, 0.5) is 18.9 Å². The van der Waals surface area contributed by atoms with E-state index in [0.717, 1.165) is 42.6 Å². The number of ether oxygens (including phenoxy) is 1. The van der Waals surface area contributed by atoms with Crippen molar-refractivity contribution in [1.82, 2.24) is 0 Å². The van der Waals surface area contributed by atoms with Gasteiger partial charge >= 0.3 is 12.1 Å². The molecule has 1 heterocycles. The topological polar surface area (TPSA) is 49.8 Å². The van der Waals surface area contributed by atoms with E-state index in [1.165, 1.54) is 6.07 Å². The quantitative estimate of drug-likeness (QED) is 0.448. The first kappa shape index (κ1) is 24.4. The Kier molecular flexibility index (Phi) is 7.39. The van der Waals surface area contributed by atoms with Crippen molar-refractivity contribution in [2.45, 2.75) is 57.5 Å². The second-order valence-corrected chi connectivity index (χ2v) is 9.56. The molecule has 1 atom stereocenters. The summed E-state index contributed by atoms with van der Waals surface area (Å²) in [6, 6.07) is 12.2. The lowest BCUT2D eigenvalue weighted by Gasteiger charge is -2.35. The van der Waals surface area contributed by atoms with E-state index < -0.39 is 17.7 Å². The molecule has 1 aliphatic carbocycles. The molecule has 1 unspecified atom stereocenters. The van der Waals surface area contributed by atoms with Crippen LogP contribution >= 0.6 is 0 Å². The number of halogens is 3. The lowest BCUT2D eigenvalue weighted by Crippen LogP contribution is -2.36. The summed E-state index contributed by atoms with van der Waals surface area (Å²) in [6.45, 7) is 3.57. The van der Waals surface area contributed by atoms with Crippen molar-refractivity contribution in [3.8, 4) is 5.75 Å². The summed E-state index contributed by atoms with van der Waals surface area (Å²) in [4.78, 5) is 13.1. The molecule has 1 saturated carbocycles. The number of benzene rings is 2. The van der Waals surface area contributed by atoms with Crippen molar-refractivity contribution in [3.05, 3.63) is 59.2 Å². The van der Waals surface area contributed by atoms with E-state index in [-0.39, 0.29) is 23.9 Å². The van der Waals surface area contributed by atoms with Crippen LogP contribution in [0.2, 0.25) is 0 Å². The minimum Gasteiger partial charge on any atom is -0.493 e. The molecule has 2 aromatic carbocycles. The number of piperidine rings is 1. The summed E-state index contributed by atoms with van der Waals surface area (Å²) in [5.41, 5.74) is 1.62. The van der Waals surface area contributed by atoms with Gasteiger partial charge in [-0.1, -0.05) is 25.1 Å². The van der Waals surface area contributed by atoms with E-state index in [9.17, 15) is 23.1 Å². The molecule has 4 nitrogen and oxygen atoms in total. The van der Waals surface area contributed by atoms with Gasteiger partial charge in [-0.25, -0.2) is 0 Å². The Hall–Kier alpha value is -2.70. The van der Waals surface area contributed by atoms with Crippen molar-refractivity contribution in [2.75, 3.05) is 24.6 Å². The number of carbonyl (C=O) groups is 1. The van der Waals surface area contributed by atoms with Crippen LogP contribution in [0.15, 0.2) is 42.5 Å². The molecule has 1 saturated heterocycles. The molecular formula is C27H32F3NO3. The van der Waals surface area contributed by atoms with Gasteiger partial charge in [0.15, 0.2) is 0 Å². The van der Waals surface area contributed by atoms with Crippen LogP contribution in [-0.2, 0) is 17.4 Å². The molecule has 2 aliphatic rings. The number of aliphatic carboxylic acids is 1. The molecule has 2 aromatic rings. The SMILES string of the molecule is CCc1ccc(C(F)(F)F)c(N2CCC(COc3cccc(C(CC(=O)O)C4CC4)c3)CC2)c1. The Balaban J connectivity index is 1.35. The van der Waals surface area contributed by atoms with Gasteiger partial charge in [0.05, 0.1) is 18.6 Å². The van der Waals surface area contributed by atoms with Gasteiger partial charge in [0, 0.05) is 18.8 Å². The molecule has 0 bridgehead atoms. The number of anilines is 1. The molecule has 0 amide bonds. The largest absolute Gasteiger partial charge is 0.493 e. The maximum atomic E-state index is 13.6. The van der Waals surface area contributed by atoms with Gasteiger partial charge in [-0.15, -0.1) is 0 Å². The van der Waals surface area contributed by atoms with Crippen molar-refractivity contribution in [1.29, 1.82) is 0 Å². The maximum Gasteiger partial charge on any atom is 0.418 e. The normalized spacial score (nSPS) is 18.1. The van der Waals surface area contributed by atoms with Crippen LogP contribution in [-0.4, -0.2) is 30.8 Å². The molecule has 184 valence electrons. The summed E-state index contributed by atoms with van der Waals surface area (Å²) in [5, 5.41) is 9.26. The van der Waals surface area contributed by atoms with Crippen LogP contribution < -0.4 is 9.64 Å². The third kappa shape index (κ3) is 6.05. The van der Waals surface area contributed by atoms with E-state index in [2.05, 4.69) is 0 Å². The predicted octanol–water partition coefficient (Wildman–Crippen LogP) is 6.53. The molecule has 0 radical (unpaired) electrons. The highest BCUT2D eigenvalue weighted by atomic mass is 19.4. The molecule has 2 fully saturated rings. The highest BCUT2D eigenvalue weighted by molar-refractivity contribution is 5.68. The smallest absolute Gasteiger partial charge is 0.418 e. The molecule has 1 N–H and O–H groups in total. The van der Waals surface area contributed by atoms with Crippen LogP contribution in [0.25, 0.3) is 0 Å². The maximum absolute atomic E-state index is 13.6. The first-order valence-corrected chi connectivity index (χ1v) is 12.1. The molecule has 7 heteroatoms. The number of carboxylic acids is 1. The van der Waals surface area contributed by atoms with Crippen molar-refractivity contribution in [2.24, 2.45) is 11.8 Å². The second kappa shape index (κ2) is 10.3. The van der Waals surface area contributed by atoms with Gasteiger partial charge in [0.2, 0.25) is 0 Å². The van der Waals surface area contributed by atoms with Gasteiger partial charge in [-0.05, 0) is 85.3 Å². The number of hydrogen-bond acceptors (Lipinski definition) is 3. The zero-order valence-electron chi connectivity index (χ0n) is 19.5. The Labute approximate surface area is 198 Å². The Bertz CT molecular complexity index is 995. The summed E-state index contributed by atoms with van der Waals surface area (Å²) >= 11 is 0. The third-order valence-corrected chi connectivity index (χ3v) is 7.09. The summed E-state index contributed by atoms with van der Waals surface area (Å²) in [5.74, 6) is 0.662. The number of nitrogens with zero attached hydrogens (tertiary/aromatic N) is 1. The van der Waals surface area contributed by atoms with Gasteiger partial charge in [0.25, 0.3) is 0 Å². The fourth-order valence-corrected chi connectivity index (χ4v) is 4.93. The minimum atomic E-state index is -4.37. The van der Waals surface area contributed by atoms with E-state index in [1.807, 2.05) is 36.1 Å². The fraction of sp³-hybridized carbons (Fsp3) is 0.519. The van der Waals surface area contributed by atoms with Crippen LogP contribution in [0, 0.1) is 11.8 Å². The number of hydrogen-bond donors (Lipinski definition) is 1. The van der Waals surface area contributed by atoms with Crippen molar-refractivity contribution in [3.63, 3.8) is 0 Å². The average molecular weight is 476 g/mol. The number of aryl methyl sites for hydroxylation is 1. The van der Waals surface area contributed by atoms with Crippen LogP contribution in [0.1, 0.15) is 61.6 Å². The fourth-order valence-electron chi connectivity index (χ4n) is 4.93. The summed E-state index contributed by atoms with van der Waals surface area (Å²) in [6.07, 6.45) is 0.117. The van der Waals surface area contributed by atoms with Gasteiger partial charge in [-0.2, -0.15) is 13.2 Å². The van der Waals surface area contributed by atoms with Crippen molar-refractivity contribution < 1.29 is 27.8 Å². The van der Waals surface area contributed by atoms with Gasteiger partial charge < -0.3 is 14.7 Å². The Morgan fingerprint density at radius 2 is 1.85 bits per heavy atom. The Morgan fingerprint density at radius 1 is 1.12 bits per heavy atom. The average Bonchev–Trinajstić information content (AvgIpc) is 3.66. The highest BCUT2D eigenvalue weighted by Crippen LogP contribution is 2.45. The standard InChI is InChI=1S/C27H32F3NO3/c1-2-18-6-9-24(27(28,29)30)25(14-18)31-12-10-19(11-13-31)17-34-22-5-3-4-21(15-22)23(16-26(32)33)20-7-8-20/h3-6,9,14-15,19-20,23H,2,7-8,10-13,16-17H2,1H3,(H,32,33). The summed E-state index contributed by atoms with van der Waals surface area (Å²) in [7, 11) is 0.